The summed E-state index contributed by atoms with van der Waals surface area (Å²) in [6, 6.07) is 0. The van der Waals surface area contributed by atoms with Crippen molar-refractivity contribution in [2.45, 2.75) is 87.2 Å². The third kappa shape index (κ3) is 5.41. The number of ether oxygens (including phenoxy) is 2. The molecule has 0 saturated heterocycles. The molecule has 32 heavy (non-hydrogen) atoms. The van der Waals surface area contributed by atoms with Gasteiger partial charge in [0, 0.05) is 18.9 Å². The number of hydrogen-bond donors (Lipinski definition) is 0. The molecule has 178 valence electrons. The standard InChI is InChI=1S/C27H40O5/c1-9-17(2)25(30)31-13-11-18(3)23(32-21(6)28)16-27(8)19(4)10-12-26(7)20(5)14-22(29)15-24(26)27/h9,11,14,19,23-24H,10,12-13,15-16H2,1-8H3. The van der Waals surface area contributed by atoms with Crippen LogP contribution in [0.4, 0.5) is 0 Å². The van der Waals surface area contributed by atoms with Crippen LogP contribution in [-0.4, -0.2) is 30.4 Å². The lowest BCUT2D eigenvalue weighted by molar-refractivity contribution is -0.150. The van der Waals surface area contributed by atoms with Gasteiger partial charge in [-0.1, -0.05) is 32.4 Å². The largest absolute Gasteiger partial charge is 0.458 e. The molecule has 0 aromatic carbocycles. The summed E-state index contributed by atoms with van der Waals surface area (Å²) >= 11 is 0. The molecule has 5 unspecified atom stereocenters. The van der Waals surface area contributed by atoms with E-state index in [1.165, 1.54) is 12.5 Å². The minimum Gasteiger partial charge on any atom is -0.458 e. The van der Waals surface area contributed by atoms with Gasteiger partial charge in [-0.15, -0.1) is 0 Å². The maximum Gasteiger partial charge on any atom is 0.333 e. The van der Waals surface area contributed by atoms with E-state index in [0.717, 1.165) is 18.4 Å². The molecule has 0 aromatic heterocycles. The molecule has 1 saturated carbocycles. The molecule has 0 radical (unpaired) electrons. The van der Waals surface area contributed by atoms with E-state index in [9.17, 15) is 14.4 Å². The Balaban J connectivity index is 2.30. The molecule has 0 spiro atoms. The van der Waals surface area contributed by atoms with Gasteiger partial charge in [-0.25, -0.2) is 4.79 Å². The maximum absolute atomic E-state index is 12.5. The fourth-order valence-electron chi connectivity index (χ4n) is 5.54. The Morgan fingerprint density at radius 3 is 2.50 bits per heavy atom. The van der Waals surface area contributed by atoms with Crippen molar-refractivity contribution in [2.75, 3.05) is 6.61 Å². The van der Waals surface area contributed by atoms with Gasteiger partial charge in [-0.3, -0.25) is 9.59 Å². The maximum atomic E-state index is 12.5. The highest BCUT2D eigenvalue weighted by Crippen LogP contribution is 2.61. The smallest absolute Gasteiger partial charge is 0.333 e. The first-order valence-corrected chi connectivity index (χ1v) is 11.7. The van der Waals surface area contributed by atoms with E-state index < -0.39 is 6.10 Å². The van der Waals surface area contributed by atoms with E-state index in [2.05, 4.69) is 27.7 Å². The van der Waals surface area contributed by atoms with Crippen LogP contribution in [0.25, 0.3) is 0 Å². The summed E-state index contributed by atoms with van der Waals surface area (Å²) in [5.41, 5.74) is 2.39. The second-order valence-electron chi connectivity index (χ2n) is 10.2. The van der Waals surface area contributed by atoms with Crippen molar-refractivity contribution in [2.24, 2.45) is 22.7 Å². The molecule has 2 rings (SSSR count). The Labute approximate surface area is 193 Å². The Bertz CT molecular complexity index is 848. The van der Waals surface area contributed by atoms with Crippen LogP contribution < -0.4 is 0 Å². The molecule has 2 aliphatic rings. The molecule has 0 aromatic rings. The van der Waals surface area contributed by atoms with Gasteiger partial charge in [-0.2, -0.15) is 0 Å². The average Bonchev–Trinajstić information content (AvgIpc) is 2.71. The highest BCUT2D eigenvalue weighted by Gasteiger charge is 2.55. The van der Waals surface area contributed by atoms with Gasteiger partial charge in [0.25, 0.3) is 0 Å². The molecular weight excluding hydrogens is 404 g/mol. The number of carbonyl (C=O) groups is 3. The van der Waals surface area contributed by atoms with Gasteiger partial charge in [0.1, 0.15) is 12.7 Å². The number of carbonyl (C=O) groups excluding carboxylic acids is 3. The van der Waals surface area contributed by atoms with Crippen molar-refractivity contribution in [1.29, 1.82) is 0 Å². The van der Waals surface area contributed by atoms with Crippen molar-refractivity contribution in [1.82, 2.24) is 0 Å². The zero-order chi connectivity index (χ0) is 24.3. The highest BCUT2D eigenvalue weighted by molar-refractivity contribution is 5.92. The quantitative estimate of drug-likeness (QED) is 0.284. The molecule has 1 fully saturated rings. The third-order valence-corrected chi connectivity index (χ3v) is 8.29. The second-order valence-corrected chi connectivity index (χ2v) is 10.2. The van der Waals surface area contributed by atoms with E-state index >= 15 is 0 Å². The number of esters is 2. The Kier molecular flexibility index (Phi) is 8.30. The lowest BCUT2D eigenvalue weighted by atomic mass is 9.46. The fraction of sp³-hybridized carbons (Fsp3) is 0.667. The van der Waals surface area contributed by atoms with E-state index in [0.29, 0.717) is 24.3 Å². The lowest BCUT2D eigenvalue weighted by Gasteiger charge is -2.58. The summed E-state index contributed by atoms with van der Waals surface area (Å²) < 4.78 is 11.1. The van der Waals surface area contributed by atoms with Crippen molar-refractivity contribution < 1.29 is 23.9 Å². The number of hydrogen-bond acceptors (Lipinski definition) is 5. The Morgan fingerprint density at radius 2 is 1.91 bits per heavy atom. The van der Waals surface area contributed by atoms with E-state index in [1.807, 2.05) is 19.1 Å². The molecule has 0 bridgehead atoms. The van der Waals surface area contributed by atoms with E-state index in [-0.39, 0.29) is 41.1 Å². The highest BCUT2D eigenvalue weighted by atomic mass is 16.5. The third-order valence-electron chi connectivity index (χ3n) is 8.29. The molecular formula is C27H40O5. The number of rotatable bonds is 7. The van der Waals surface area contributed by atoms with Gasteiger partial charge >= 0.3 is 11.9 Å². The zero-order valence-corrected chi connectivity index (χ0v) is 21.0. The summed E-state index contributed by atoms with van der Waals surface area (Å²) in [5.74, 6) is 0.0766. The molecule has 5 atom stereocenters. The predicted molar refractivity (Wildman–Crippen MR) is 126 cm³/mol. The van der Waals surface area contributed by atoms with Crippen LogP contribution in [0.3, 0.4) is 0 Å². The van der Waals surface area contributed by atoms with Gasteiger partial charge in [0.15, 0.2) is 5.78 Å². The average molecular weight is 445 g/mol. The van der Waals surface area contributed by atoms with Crippen LogP contribution in [0.15, 0.2) is 34.9 Å². The first-order valence-electron chi connectivity index (χ1n) is 11.7. The summed E-state index contributed by atoms with van der Waals surface area (Å²) in [6.45, 7) is 15.8. The van der Waals surface area contributed by atoms with Crippen molar-refractivity contribution >= 4 is 17.7 Å². The topological polar surface area (TPSA) is 69.7 Å². The number of fused-ring (bicyclic) bond motifs is 1. The fourth-order valence-corrected chi connectivity index (χ4v) is 5.54. The summed E-state index contributed by atoms with van der Waals surface area (Å²) in [6.07, 6.45) is 8.24. The van der Waals surface area contributed by atoms with Crippen LogP contribution in [0, 0.1) is 22.7 Å². The van der Waals surface area contributed by atoms with Crippen LogP contribution in [0.1, 0.15) is 81.1 Å². The summed E-state index contributed by atoms with van der Waals surface area (Å²) in [5, 5.41) is 0. The van der Waals surface area contributed by atoms with Crippen molar-refractivity contribution in [3.05, 3.63) is 34.9 Å². The molecule has 2 aliphatic carbocycles. The minimum atomic E-state index is -0.426. The summed E-state index contributed by atoms with van der Waals surface area (Å²) in [4.78, 5) is 36.4. The SMILES string of the molecule is CC=C(C)C(=O)OCC=C(C)C(CC1(C)C(C)CCC2(C)C(C)=CC(=O)CC21)OC(C)=O. The Hall–Kier alpha value is -2.17. The van der Waals surface area contributed by atoms with Gasteiger partial charge in [0.05, 0.1) is 0 Å². The Morgan fingerprint density at radius 1 is 1.25 bits per heavy atom. The monoisotopic (exact) mass is 444 g/mol. The minimum absolute atomic E-state index is 0.0207. The molecule has 0 aliphatic heterocycles. The van der Waals surface area contributed by atoms with Crippen molar-refractivity contribution in [3.8, 4) is 0 Å². The first-order chi connectivity index (χ1) is 14.8. The predicted octanol–water partition coefficient (Wildman–Crippen LogP) is 5.74. The second kappa shape index (κ2) is 10.2. The van der Waals surface area contributed by atoms with E-state index in [4.69, 9.17) is 9.47 Å². The molecule has 0 N–H and O–H groups in total. The molecule has 5 heteroatoms. The van der Waals surface area contributed by atoms with E-state index in [1.54, 1.807) is 19.9 Å². The number of ketones is 1. The van der Waals surface area contributed by atoms with Crippen LogP contribution in [0.5, 0.6) is 0 Å². The normalized spacial score (nSPS) is 32.0. The lowest BCUT2D eigenvalue weighted by Crippen LogP contribution is -2.52. The molecule has 0 heterocycles. The number of allylic oxidation sites excluding steroid dienone is 3. The molecule has 5 nitrogen and oxygen atoms in total. The van der Waals surface area contributed by atoms with Gasteiger partial charge < -0.3 is 9.47 Å². The van der Waals surface area contributed by atoms with Gasteiger partial charge in [0.2, 0.25) is 0 Å². The zero-order valence-electron chi connectivity index (χ0n) is 21.0. The molecule has 0 amide bonds. The van der Waals surface area contributed by atoms with Crippen molar-refractivity contribution in [3.63, 3.8) is 0 Å². The van der Waals surface area contributed by atoms with Crippen LogP contribution >= 0.6 is 0 Å². The van der Waals surface area contributed by atoms with Gasteiger partial charge in [-0.05, 0) is 87.3 Å². The summed E-state index contributed by atoms with van der Waals surface area (Å²) in [7, 11) is 0. The van der Waals surface area contributed by atoms with Crippen LogP contribution in [0.2, 0.25) is 0 Å². The van der Waals surface area contributed by atoms with Crippen LogP contribution in [-0.2, 0) is 23.9 Å². The first kappa shape index (κ1) is 26.1.